The SMILES string of the molecule is CC(C)(C)OC(=O)c1ccc(C(=O)N2CCN(c3ccc4c(c3)C(O)N(C3CCC(=O)NC3=O)C4=O)CC2)cc1. The average molecular weight is 549 g/mol. The molecule has 0 bridgehead atoms. The first-order valence-electron chi connectivity index (χ1n) is 13.3. The van der Waals surface area contributed by atoms with Crippen molar-refractivity contribution >= 4 is 35.3 Å². The van der Waals surface area contributed by atoms with Gasteiger partial charge in [0.25, 0.3) is 11.8 Å². The Morgan fingerprint density at radius 1 is 0.950 bits per heavy atom. The van der Waals surface area contributed by atoms with Crippen LogP contribution in [0.4, 0.5) is 5.69 Å². The lowest BCUT2D eigenvalue weighted by Gasteiger charge is -2.36. The number of ether oxygens (including phenoxy) is 1. The number of aliphatic hydroxyl groups is 1. The van der Waals surface area contributed by atoms with E-state index in [1.165, 1.54) is 0 Å². The third-order valence-corrected chi connectivity index (χ3v) is 7.29. The van der Waals surface area contributed by atoms with E-state index in [4.69, 9.17) is 4.74 Å². The molecule has 210 valence electrons. The highest BCUT2D eigenvalue weighted by Gasteiger charge is 2.44. The standard InChI is InChI=1S/C29H32N4O7/c1-29(2,3)40-28(39)18-6-4-17(5-7-18)25(36)32-14-12-31(13-15-32)19-8-9-20-21(16-19)27(38)33(26(20)37)22-10-11-23(34)30-24(22)35/h4-9,16,22,27,38H,10-15H2,1-3H3,(H,30,34,35). The molecule has 2 unspecified atom stereocenters. The summed E-state index contributed by atoms with van der Waals surface area (Å²) in [7, 11) is 0. The molecule has 2 fully saturated rings. The summed E-state index contributed by atoms with van der Waals surface area (Å²) < 4.78 is 5.37. The number of hydrogen-bond donors (Lipinski definition) is 2. The highest BCUT2D eigenvalue weighted by Crippen LogP contribution is 2.37. The van der Waals surface area contributed by atoms with Gasteiger partial charge in [0, 0.05) is 55.0 Å². The van der Waals surface area contributed by atoms with Crippen molar-refractivity contribution in [2.75, 3.05) is 31.1 Å². The second kappa shape index (κ2) is 10.4. The Bertz CT molecular complexity index is 1370. The highest BCUT2D eigenvalue weighted by molar-refractivity contribution is 6.06. The minimum absolute atomic E-state index is 0.103. The fraction of sp³-hybridized carbons (Fsp3) is 0.414. The van der Waals surface area contributed by atoms with Crippen LogP contribution >= 0.6 is 0 Å². The first kappa shape index (κ1) is 27.3. The number of imide groups is 1. The van der Waals surface area contributed by atoms with Crippen LogP contribution in [0.3, 0.4) is 0 Å². The number of piperazine rings is 1. The molecule has 4 amide bonds. The van der Waals surface area contributed by atoms with Crippen molar-refractivity contribution in [2.45, 2.75) is 51.5 Å². The summed E-state index contributed by atoms with van der Waals surface area (Å²) in [6, 6.07) is 10.7. The molecule has 3 aliphatic heterocycles. The predicted molar refractivity (Wildman–Crippen MR) is 143 cm³/mol. The first-order chi connectivity index (χ1) is 18.9. The van der Waals surface area contributed by atoms with Gasteiger partial charge in [-0.1, -0.05) is 0 Å². The van der Waals surface area contributed by atoms with Crippen molar-refractivity contribution in [3.05, 3.63) is 64.7 Å². The number of carbonyl (C=O) groups is 5. The summed E-state index contributed by atoms with van der Waals surface area (Å²) in [5.41, 5.74) is 1.79. The van der Waals surface area contributed by atoms with Gasteiger partial charge in [0.05, 0.1) is 5.56 Å². The molecule has 5 rings (SSSR count). The van der Waals surface area contributed by atoms with E-state index in [0.717, 1.165) is 10.6 Å². The first-order valence-corrected chi connectivity index (χ1v) is 13.3. The summed E-state index contributed by atoms with van der Waals surface area (Å²) in [6.07, 6.45) is -1.03. The van der Waals surface area contributed by atoms with Gasteiger partial charge >= 0.3 is 5.97 Å². The van der Waals surface area contributed by atoms with Crippen LogP contribution in [-0.4, -0.2) is 82.3 Å². The number of benzene rings is 2. The van der Waals surface area contributed by atoms with Crippen LogP contribution in [0.1, 0.15) is 76.5 Å². The number of aliphatic hydroxyl groups excluding tert-OH is 1. The molecule has 0 saturated carbocycles. The van der Waals surface area contributed by atoms with Gasteiger partial charge in [-0.3, -0.25) is 29.4 Å². The molecule has 11 nitrogen and oxygen atoms in total. The number of rotatable bonds is 4. The highest BCUT2D eigenvalue weighted by atomic mass is 16.6. The molecule has 2 atom stereocenters. The fourth-order valence-corrected chi connectivity index (χ4v) is 5.25. The number of nitrogens with one attached hydrogen (secondary N) is 1. The van der Waals surface area contributed by atoms with E-state index in [0.29, 0.717) is 48.4 Å². The van der Waals surface area contributed by atoms with Crippen LogP contribution in [0.2, 0.25) is 0 Å². The number of esters is 1. The number of fused-ring (bicyclic) bond motifs is 1. The summed E-state index contributed by atoms with van der Waals surface area (Å²) in [6.45, 7) is 7.40. The lowest BCUT2D eigenvalue weighted by Crippen LogP contribution is -2.53. The third kappa shape index (κ3) is 5.29. The average Bonchev–Trinajstić information content (AvgIpc) is 3.16. The zero-order valence-electron chi connectivity index (χ0n) is 22.7. The lowest BCUT2D eigenvalue weighted by atomic mass is 10.0. The second-order valence-electron chi connectivity index (χ2n) is 11.2. The largest absolute Gasteiger partial charge is 0.456 e. The van der Waals surface area contributed by atoms with Gasteiger partial charge < -0.3 is 19.6 Å². The van der Waals surface area contributed by atoms with Gasteiger partial charge in [-0.15, -0.1) is 0 Å². The van der Waals surface area contributed by atoms with Crippen LogP contribution in [0, 0.1) is 0 Å². The quantitative estimate of drug-likeness (QED) is 0.437. The molecular formula is C29H32N4O7. The molecule has 3 heterocycles. The van der Waals surface area contributed by atoms with Gasteiger partial charge in [-0.05, 0) is 69.7 Å². The molecular weight excluding hydrogens is 516 g/mol. The van der Waals surface area contributed by atoms with E-state index in [1.807, 2.05) is 0 Å². The molecule has 40 heavy (non-hydrogen) atoms. The number of carbonyl (C=O) groups excluding carboxylic acids is 5. The number of hydrogen-bond acceptors (Lipinski definition) is 8. The molecule has 2 aromatic carbocycles. The van der Waals surface area contributed by atoms with Gasteiger partial charge in [-0.2, -0.15) is 0 Å². The topological polar surface area (TPSA) is 137 Å². The second-order valence-corrected chi connectivity index (χ2v) is 11.2. The van der Waals surface area contributed by atoms with E-state index < -0.39 is 41.6 Å². The predicted octanol–water partition coefficient (Wildman–Crippen LogP) is 1.86. The van der Waals surface area contributed by atoms with Crippen molar-refractivity contribution in [3.8, 4) is 0 Å². The fourth-order valence-electron chi connectivity index (χ4n) is 5.25. The van der Waals surface area contributed by atoms with Crippen LogP contribution < -0.4 is 10.2 Å². The Hall–Kier alpha value is -4.25. The zero-order valence-corrected chi connectivity index (χ0v) is 22.7. The van der Waals surface area contributed by atoms with E-state index >= 15 is 0 Å². The molecule has 11 heteroatoms. The molecule has 0 aromatic heterocycles. The van der Waals surface area contributed by atoms with Crippen molar-refractivity contribution < 1.29 is 33.8 Å². The zero-order chi connectivity index (χ0) is 28.8. The maximum Gasteiger partial charge on any atom is 0.338 e. The Kier molecular flexibility index (Phi) is 7.09. The van der Waals surface area contributed by atoms with Crippen molar-refractivity contribution in [3.63, 3.8) is 0 Å². The Morgan fingerprint density at radius 2 is 1.60 bits per heavy atom. The Morgan fingerprint density at radius 3 is 2.23 bits per heavy atom. The number of piperidine rings is 1. The van der Waals surface area contributed by atoms with E-state index in [-0.39, 0.29) is 18.7 Å². The molecule has 3 aliphatic rings. The van der Waals surface area contributed by atoms with Crippen LogP contribution in [0.5, 0.6) is 0 Å². The molecule has 0 spiro atoms. The van der Waals surface area contributed by atoms with E-state index in [9.17, 15) is 29.1 Å². The maximum absolute atomic E-state index is 13.1. The lowest BCUT2D eigenvalue weighted by molar-refractivity contribution is -0.139. The normalized spacial score (nSPS) is 21.3. The van der Waals surface area contributed by atoms with Crippen molar-refractivity contribution in [1.82, 2.24) is 15.1 Å². The maximum atomic E-state index is 13.1. The van der Waals surface area contributed by atoms with E-state index in [2.05, 4.69) is 10.2 Å². The number of amides is 4. The Balaban J connectivity index is 1.22. The number of anilines is 1. The molecule has 2 N–H and O–H groups in total. The summed E-state index contributed by atoms with van der Waals surface area (Å²) in [4.78, 5) is 67.2. The monoisotopic (exact) mass is 548 g/mol. The third-order valence-electron chi connectivity index (χ3n) is 7.29. The van der Waals surface area contributed by atoms with Gasteiger partial charge in [0.1, 0.15) is 11.6 Å². The van der Waals surface area contributed by atoms with Crippen LogP contribution in [0.25, 0.3) is 0 Å². The summed E-state index contributed by atoms with van der Waals surface area (Å²) in [5, 5.41) is 13.2. The minimum Gasteiger partial charge on any atom is -0.456 e. The minimum atomic E-state index is -1.29. The molecule has 0 radical (unpaired) electrons. The van der Waals surface area contributed by atoms with Crippen molar-refractivity contribution in [1.29, 1.82) is 0 Å². The van der Waals surface area contributed by atoms with Gasteiger partial charge in [0.15, 0.2) is 6.23 Å². The molecule has 0 aliphatic carbocycles. The summed E-state index contributed by atoms with van der Waals surface area (Å²) in [5.74, 6) is -2.00. The van der Waals surface area contributed by atoms with Gasteiger partial charge in [0.2, 0.25) is 11.8 Å². The molecule has 2 aromatic rings. The van der Waals surface area contributed by atoms with Crippen molar-refractivity contribution in [2.24, 2.45) is 0 Å². The van der Waals surface area contributed by atoms with E-state index in [1.54, 1.807) is 68.1 Å². The van der Waals surface area contributed by atoms with Crippen LogP contribution in [-0.2, 0) is 14.3 Å². The number of nitrogens with zero attached hydrogens (tertiary/aromatic N) is 3. The Labute approximate surface area is 231 Å². The smallest absolute Gasteiger partial charge is 0.338 e. The molecule has 2 saturated heterocycles. The summed E-state index contributed by atoms with van der Waals surface area (Å²) >= 11 is 0. The van der Waals surface area contributed by atoms with Crippen LogP contribution in [0.15, 0.2) is 42.5 Å². The van der Waals surface area contributed by atoms with Gasteiger partial charge in [-0.25, -0.2) is 4.79 Å².